The van der Waals surface area contributed by atoms with Crippen LogP contribution in [0.1, 0.15) is 187 Å². The molecule has 352 valence electrons. The molecule has 0 aromatic carbocycles. The number of carbonyl (C=O) groups is 3. The molecule has 0 heterocycles. The maximum atomic E-state index is 14.2. The zero-order chi connectivity index (χ0) is 45.4. The Morgan fingerprint density at radius 2 is 1.41 bits per heavy atom. The van der Waals surface area contributed by atoms with Gasteiger partial charge < -0.3 is 35.1 Å². The van der Waals surface area contributed by atoms with E-state index in [-0.39, 0.29) is 23.0 Å². The molecule has 3 N–H and O–H groups in total. The van der Waals surface area contributed by atoms with Crippen LogP contribution >= 0.6 is 0 Å². The third-order valence-corrected chi connectivity index (χ3v) is 14.8. The highest BCUT2D eigenvalue weighted by Crippen LogP contribution is 2.67. The first-order valence-electron chi connectivity index (χ1n) is 24.5. The van der Waals surface area contributed by atoms with Gasteiger partial charge in [-0.1, -0.05) is 86.3 Å². The molecule has 7 atom stereocenters. The zero-order valence-corrected chi connectivity index (χ0v) is 41.6. The number of alkyl carbamates (subject to hydrolysis) is 2. The molecule has 3 fully saturated rings. The molecule has 0 aromatic rings. The van der Waals surface area contributed by atoms with E-state index in [2.05, 4.69) is 77.4 Å². The summed E-state index contributed by atoms with van der Waals surface area (Å²) < 4.78 is 17.4. The van der Waals surface area contributed by atoms with Crippen LogP contribution in [0.3, 0.4) is 0 Å². The van der Waals surface area contributed by atoms with Crippen LogP contribution in [-0.2, 0) is 14.2 Å². The van der Waals surface area contributed by atoms with Crippen LogP contribution in [0.25, 0.3) is 0 Å². The van der Waals surface area contributed by atoms with E-state index in [4.69, 9.17) is 14.2 Å². The molecule has 4 aliphatic rings. The van der Waals surface area contributed by atoms with Gasteiger partial charge in [0, 0.05) is 39.1 Å². The molecular formula is C51H92N4O6. The predicted molar refractivity (Wildman–Crippen MR) is 248 cm³/mol. The molecular weight excluding hydrogens is 765 g/mol. The van der Waals surface area contributed by atoms with E-state index < -0.39 is 28.8 Å². The van der Waals surface area contributed by atoms with Crippen molar-refractivity contribution in [1.29, 1.82) is 0 Å². The second kappa shape index (κ2) is 21.0. The van der Waals surface area contributed by atoms with Crippen LogP contribution < -0.4 is 16.0 Å². The Morgan fingerprint density at radius 3 is 2.03 bits per heavy atom. The van der Waals surface area contributed by atoms with Gasteiger partial charge in [-0.15, -0.1) is 0 Å². The highest BCUT2D eigenvalue weighted by Gasteiger charge is 2.58. The quantitative estimate of drug-likeness (QED) is 0.0672. The SMILES string of the molecule is CC(C)CCCCC1CCC2C3CC=C4CC(OC(=O)N(CCCCNCC(C)(C)CNC(=O)OC(C)(C)C)CC(C)(C)CNC(=O)OC(C)(C)C)CCC4(C)C3CCC12C. The maximum Gasteiger partial charge on any atom is 0.410 e. The first kappa shape index (κ1) is 51.1. The van der Waals surface area contributed by atoms with Gasteiger partial charge in [-0.2, -0.15) is 0 Å². The van der Waals surface area contributed by atoms with Crippen molar-refractivity contribution < 1.29 is 28.6 Å². The minimum Gasteiger partial charge on any atom is -0.446 e. The smallest absolute Gasteiger partial charge is 0.410 e. The summed E-state index contributed by atoms with van der Waals surface area (Å²) in [4.78, 5) is 40.8. The molecule has 0 spiro atoms. The average Bonchev–Trinajstić information content (AvgIpc) is 3.47. The van der Waals surface area contributed by atoms with E-state index in [9.17, 15) is 14.4 Å². The lowest BCUT2D eigenvalue weighted by Gasteiger charge is -2.58. The van der Waals surface area contributed by atoms with Crippen molar-refractivity contribution in [2.45, 2.75) is 204 Å². The number of allylic oxidation sites excluding steroid dienone is 1. The fourth-order valence-electron chi connectivity index (χ4n) is 11.6. The van der Waals surface area contributed by atoms with Crippen LogP contribution in [-0.4, -0.2) is 79.8 Å². The monoisotopic (exact) mass is 857 g/mol. The number of fused-ring (bicyclic) bond motifs is 5. The summed E-state index contributed by atoms with van der Waals surface area (Å²) in [7, 11) is 0. The summed E-state index contributed by atoms with van der Waals surface area (Å²) in [6.07, 6.45) is 18.2. The van der Waals surface area contributed by atoms with Crippen LogP contribution in [0, 0.1) is 51.2 Å². The normalized spacial score (nSPS) is 27.9. The Hall–Kier alpha value is -2.49. The second-order valence-electron chi connectivity index (χ2n) is 24.3. The first-order chi connectivity index (χ1) is 28.2. The molecule has 61 heavy (non-hydrogen) atoms. The van der Waals surface area contributed by atoms with Gasteiger partial charge in [0.1, 0.15) is 17.3 Å². The van der Waals surface area contributed by atoms with Crippen LogP contribution in [0.15, 0.2) is 11.6 Å². The number of amides is 3. The predicted octanol–water partition coefficient (Wildman–Crippen LogP) is 12.1. The molecule has 0 aliphatic heterocycles. The number of nitrogens with one attached hydrogen (secondary N) is 3. The van der Waals surface area contributed by atoms with Gasteiger partial charge in [-0.3, -0.25) is 0 Å². The average molecular weight is 857 g/mol. The third-order valence-electron chi connectivity index (χ3n) is 14.8. The van der Waals surface area contributed by atoms with Crippen molar-refractivity contribution in [1.82, 2.24) is 20.9 Å². The Morgan fingerprint density at radius 1 is 0.770 bits per heavy atom. The lowest BCUT2D eigenvalue weighted by atomic mass is 9.47. The van der Waals surface area contributed by atoms with Crippen molar-refractivity contribution in [2.24, 2.45) is 51.2 Å². The van der Waals surface area contributed by atoms with E-state index in [1.54, 1.807) is 0 Å². The number of hydrogen-bond acceptors (Lipinski definition) is 7. The van der Waals surface area contributed by atoms with E-state index in [1.807, 2.05) is 46.4 Å². The second-order valence-corrected chi connectivity index (χ2v) is 24.3. The van der Waals surface area contributed by atoms with Gasteiger partial charge in [-0.25, -0.2) is 14.4 Å². The highest BCUT2D eigenvalue weighted by molar-refractivity contribution is 5.69. The maximum absolute atomic E-state index is 14.2. The summed E-state index contributed by atoms with van der Waals surface area (Å²) in [5.41, 5.74) is 0.547. The molecule has 3 amide bonds. The molecule has 3 saturated carbocycles. The number of rotatable bonds is 19. The third kappa shape index (κ3) is 15.3. The van der Waals surface area contributed by atoms with Gasteiger partial charge in [0.25, 0.3) is 0 Å². The van der Waals surface area contributed by atoms with Crippen molar-refractivity contribution >= 4 is 18.3 Å². The number of nitrogens with zero attached hydrogens (tertiary/aromatic N) is 1. The van der Waals surface area contributed by atoms with Crippen molar-refractivity contribution in [3.8, 4) is 0 Å². The van der Waals surface area contributed by atoms with E-state index >= 15 is 0 Å². The minimum absolute atomic E-state index is 0.123. The van der Waals surface area contributed by atoms with E-state index in [0.717, 1.165) is 74.8 Å². The van der Waals surface area contributed by atoms with Gasteiger partial charge in [-0.05, 0) is 164 Å². The lowest BCUT2D eigenvalue weighted by molar-refractivity contribution is -0.0537. The molecule has 10 heteroatoms. The Bertz CT molecular complexity index is 1480. The van der Waals surface area contributed by atoms with Gasteiger partial charge in [0.15, 0.2) is 0 Å². The number of hydrogen-bond donors (Lipinski definition) is 3. The molecule has 4 aliphatic carbocycles. The van der Waals surface area contributed by atoms with E-state index in [1.165, 1.54) is 63.4 Å². The standard InChI is InChI=1S/C51H92N4O6/c1-36(2)19-15-16-20-37-22-24-41-40-23-21-38-31-39(25-27-51(38,14)42(40)26-28-50(37,41)13)59-45(58)55(35-49(11,12)34-54-44(57)61-47(6,7)8)30-18-17-29-52-32-48(9,10)33-53-43(56)60-46(3,4)5/h21,36-37,39-42,52H,15-20,22-35H2,1-14H3,(H,53,56)(H,54,57). The number of ether oxygens (including phenoxy) is 3. The molecule has 0 bridgehead atoms. The van der Waals surface area contributed by atoms with Crippen molar-refractivity contribution in [2.75, 3.05) is 39.3 Å². The number of carbonyl (C=O) groups excluding carboxylic acids is 3. The minimum atomic E-state index is -0.587. The van der Waals surface area contributed by atoms with Crippen molar-refractivity contribution in [3.63, 3.8) is 0 Å². The first-order valence-corrected chi connectivity index (χ1v) is 24.5. The Kier molecular flexibility index (Phi) is 17.6. The summed E-state index contributed by atoms with van der Waals surface area (Å²) >= 11 is 0. The Labute approximate surface area is 373 Å². The summed E-state index contributed by atoms with van der Waals surface area (Å²) in [5.74, 6) is 4.06. The van der Waals surface area contributed by atoms with Crippen LogP contribution in [0.4, 0.5) is 14.4 Å². The molecule has 0 radical (unpaired) electrons. The van der Waals surface area contributed by atoms with Crippen LogP contribution in [0.2, 0.25) is 0 Å². The van der Waals surface area contributed by atoms with E-state index in [0.29, 0.717) is 31.6 Å². The topological polar surface area (TPSA) is 118 Å². The number of unbranched alkanes of at least 4 members (excludes halogenated alkanes) is 2. The Balaban J connectivity index is 1.34. The van der Waals surface area contributed by atoms with Crippen LogP contribution in [0.5, 0.6) is 0 Å². The molecule has 4 rings (SSSR count). The van der Waals surface area contributed by atoms with Gasteiger partial charge in [0.2, 0.25) is 0 Å². The summed E-state index contributed by atoms with van der Waals surface area (Å²) in [5, 5.41) is 9.38. The lowest BCUT2D eigenvalue weighted by Crippen LogP contribution is -2.51. The molecule has 0 aromatic heterocycles. The van der Waals surface area contributed by atoms with Gasteiger partial charge >= 0.3 is 18.3 Å². The highest BCUT2D eigenvalue weighted by atomic mass is 16.6. The summed E-state index contributed by atoms with van der Waals surface area (Å²) in [6, 6.07) is 0. The van der Waals surface area contributed by atoms with Gasteiger partial charge in [0.05, 0.1) is 0 Å². The van der Waals surface area contributed by atoms with Crippen molar-refractivity contribution in [3.05, 3.63) is 11.6 Å². The zero-order valence-electron chi connectivity index (χ0n) is 41.6. The fourth-order valence-corrected chi connectivity index (χ4v) is 11.6. The molecule has 10 nitrogen and oxygen atoms in total. The fraction of sp³-hybridized carbons (Fsp3) is 0.902. The summed E-state index contributed by atoms with van der Waals surface area (Å²) in [6.45, 7) is 32.9. The molecule has 0 saturated heterocycles. The largest absolute Gasteiger partial charge is 0.446 e. The molecule has 7 unspecified atom stereocenters.